The number of halogens is 3. The standard InChI is InChI=1S/C19H13FI2N2O4S/c1-27-16(25)9-28-17-13(21)6-10(7-14(17)22)8-15-18(26)24-19(29-15)23-12-4-2-11(20)3-5-12/h2-8H,9H2,1H3,(H,23,24,26)/b15-8+. The highest BCUT2D eigenvalue weighted by molar-refractivity contribution is 14.1. The number of hydrogen-bond donors (Lipinski definition) is 1. The molecule has 6 nitrogen and oxygen atoms in total. The highest BCUT2D eigenvalue weighted by atomic mass is 127. The second-order valence-electron chi connectivity index (χ2n) is 5.64. The molecule has 10 heteroatoms. The highest BCUT2D eigenvalue weighted by Gasteiger charge is 2.24. The summed E-state index contributed by atoms with van der Waals surface area (Å²) in [7, 11) is 1.30. The predicted molar refractivity (Wildman–Crippen MR) is 127 cm³/mol. The number of carbonyl (C=O) groups is 2. The molecule has 150 valence electrons. The molecule has 1 heterocycles. The number of amides is 1. The van der Waals surface area contributed by atoms with Crippen molar-refractivity contribution in [2.75, 3.05) is 13.7 Å². The lowest BCUT2D eigenvalue weighted by atomic mass is 10.2. The van der Waals surface area contributed by atoms with Gasteiger partial charge in [0.2, 0.25) is 0 Å². The maximum atomic E-state index is 13.0. The summed E-state index contributed by atoms with van der Waals surface area (Å²) >= 11 is 5.43. The molecule has 0 aromatic heterocycles. The summed E-state index contributed by atoms with van der Waals surface area (Å²) in [4.78, 5) is 28.3. The van der Waals surface area contributed by atoms with Gasteiger partial charge in [0.1, 0.15) is 11.6 Å². The van der Waals surface area contributed by atoms with E-state index < -0.39 is 5.97 Å². The molecule has 0 aliphatic carbocycles. The minimum absolute atomic E-state index is 0.176. The third kappa shape index (κ3) is 5.92. The number of ether oxygens (including phenoxy) is 2. The van der Waals surface area contributed by atoms with Crippen molar-refractivity contribution in [3.8, 4) is 5.75 Å². The summed E-state index contributed by atoms with van der Waals surface area (Å²) in [6, 6.07) is 9.40. The summed E-state index contributed by atoms with van der Waals surface area (Å²) in [6.45, 7) is -0.176. The second kappa shape index (κ2) is 9.89. The first-order valence-corrected chi connectivity index (χ1v) is 11.1. The van der Waals surface area contributed by atoms with Gasteiger partial charge in [-0.1, -0.05) is 0 Å². The molecule has 0 radical (unpaired) electrons. The second-order valence-corrected chi connectivity index (χ2v) is 8.99. The van der Waals surface area contributed by atoms with Crippen LogP contribution < -0.4 is 10.1 Å². The predicted octanol–water partition coefficient (Wildman–Crippen LogP) is 4.48. The van der Waals surface area contributed by atoms with Crippen molar-refractivity contribution in [3.05, 3.63) is 59.8 Å². The van der Waals surface area contributed by atoms with Gasteiger partial charge in [-0.25, -0.2) is 14.2 Å². The lowest BCUT2D eigenvalue weighted by Gasteiger charge is -2.10. The monoisotopic (exact) mass is 638 g/mol. The van der Waals surface area contributed by atoms with E-state index >= 15 is 0 Å². The van der Waals surface area contributed by atoms with Gasteiger partial charge in [-0.2, -0.15) is 0 Å². The van der Waals surface area contributed by atoms with Crippen LogP contribution in [-0.2, 0) is 14.3 Å². The Hall–Kier alpha value is -1.67. The Labute approximate surface area is 197 Å². The fourth-order valence-corrected chi connectivity index (χ4v) is 5.23. The van der Waals surface area contributed by atoms with Crippen molar-refractivity contribution in [1.29, 1.82) is 0 Å². The van der Waals surface area contributed by atoms with Gasteiger partial charge in [-0.05, 0) is 105 Å². The van der Waals surface area contributed by atoms with Crippen LogP contribution in [-0.4, -0.2) is 30.8 Å². The molecule has 0 unspecified atom stereocenters. The van der Waals surface area contributed by atoms with E-state index in [1.807, 2.05) is 12.1 Å². The zero-order chi connectivity index (χ0) is 21.0. The van der Waals surface area contributed by atoms with Crippen LogP contribution in [0.4, 0.5) is 10.1 Å². The molecule has 0 atom stereocenters. The topological polar surface area (TPSA) is 77.0 Å². The Morgan fingerprint density at radius 1 is 1.24 bits per heavy atom. The largest absolute Gasteiger partial charge is 0.480 e. The van der Waals surface area contributed by atoms with E-state index in [0.29, 0.717) is 21.5 Å². The molecule has 0 saturated carbocycles. The van der Waals surface area contributed by atoms with Gasteiger partial charge in [0, 0.05) is 0 Å². The van der Waals surface area contributed by atoms with Crippen LogP contribution >= 0.6 is 56.9 Å². The average molecular weight is 638 g/mol. The molecular weight excluding hydrogens is 625 g/mol. The van der Waals surface area contributed by atoms with Crippen molar-refractivity contribution in [2.24, 2.45) is 4.99 Å². The van der Waals surface area contributed by atoms with E-state index in [2.05, 4.69) is 60.2 Å². The zero-order valence-electron chi connectivity index (χ0n) is 14.9. The van der Waals surface area contributed by atoms with Crippen LogP contribution in [0.3, 0.4) is 0 Å². The molecule has 2 aromatic rings. The van der Waals surface area contributed by atoms with E-state index in [4.69, 9.17) is 4.74 Å². The lowest BCUT2D eigenvalue weighted by Crippen LogP contribution is -2.19. The van der Waals surface area contributed by atoms with Crippen LogP contribution in [0.5, 0.6) is 5.75 Å². The summed E-state index contributed by atoms with van der Waals surface area (Å²) < 4.78 is 24.7. The maximum absolute atomic E-state index is 13.0. The van der Waals surface area contributed by atoms with Gasteiger partial charge in [0.15, 0.2) is 11.8 Å². The van der Waals surface area contributed by atoms with Crippen LogP contribution in [0, 0.1) is 13.0 Å². The maximum Gasteiger partial charge on any atom is 0.343 e. The molecule has 29 heavy (non-hydrogen) atoms. The summed E-state index contributed by atoms with van der Waals surface area (Å²) in [5, 5.41) is 3.13. The van der Waals surface area contributed by atoms with Crippen LogP contribution in [0.2, 0.25) is 0 Å². The van der Waals surface area contributed by atoms with E-state index in [9.17, 15) is 14.0 Å². The van der Waals surface area contributed by atoms with E-state index in [0.717, 1.165) is 12.7 Å². The summed E-state index contributed by atoms with van der Waals surface area (Å²) in [5.74, 6) is -0.483. The van der Waals surface area contributed by atoms with Gasteiger partial charge >= 0.3 is 5.97 Å². The third-order valence-corrected chi connectivity index (χ3v) is 6.10. The molecule has 2 aromatic carbocycles. The number of methoxy groups -OCH3 is 1. The minimum Gasteiger partial charge on any atom is -0.480 e. The van der Waals surface area contributed by atoms with Crippen LogP contribution in [0.25, 0.3) is 6.08 Å². The molecule has 0 bridgehead atoms. The molecule has 1 amide bonds. The van der Waals surface area contributed by atoms with Crippen molar-refractivity contribution >= 4 is 85.8 Å². The molecule has 1 saturated heterocycles. The van der Waals surface area contributed by atoms with Crippen LogP contribution in [0.1, 0.15) is 5.56 Å². The van der Waals surface area contributed by atoms with Crippen molar-refractivity contribution in [1.82, 2.24) is 5.32 Å². The molecule has 1 N–H and O–H groups in total. The lowest BCUT2D eigenvalue weighted by molar-refractivity contribution is -0.142. The molecule has 1 aliphatic rings. The molecular formula is C19H13FI2N2O4S. The minimum atomic E-state index is -0.463. The zero-order valence-corrected chi connectivity index (χ0v) is 20.0. The third-order valence-electron chi connectivity index (χ3n) is 3.59. The number of rotatable bonds is 5. The van der Waals surface area contributed by atoms with E-state index in [1.54, 1.807) is 6.08 Å². The van der Waals surface area contributed by atoms with E-state index in [1.165, 1.54) is 43.1 Å². The number of carbonyl (C=O) groups excluding carboxylic acids is 2. The number of amidine groups is 1. The fourth-order valence-electron chi connectivity index (χ4n) is 2.26. The Kier molecular flexibility index (Phi) is 7.51. The number of nitrogens with zero attached hydrogens (tertiary/aromatic N) is 1. The smallest absolute Gasteiger partial charge is 0.343 e. The molecule has 1 fully saturated rings. The molecule has 0 spiro atoms. The van der Waals surface area contributed by atoms with Gasteiger partial charge in [0.05, 0.1) is 24.8 Å². The Bertz CT molecular complexity index is 1000. The first-order chi connectivity index (χ1) is 13.9. The van der Waals surface area contributed by atoms with Gasteiger partial charge in [0.25, 0.3) is 5.91 Å². The Morgan fingerprint density at radius 2 is 1.90 bits per heavy atom. The summed E-state index contributed by atoms with van der Waals surface area (Å²) in [5.41, 5.74) is 1.36. The first-order valence-electron chi connectivity index (χ1n) is 8.09. The van der Waals surface area contributed by atoms with Crippen molar-refractivity contribution in [3.63, 3.8) is 0 Å². The molecule has 1 aliphatic heterocycles. The Balaban J connectivity index is 1.78. The summed E-state index contributed by atoms with van der Waals surface area (Å²) in [6.07, 6.45) is 1.75. The van der Waals surface area contributed by atoms with Crippen molar-refractivity contribution in [2.45, 2.75) is 0 Å². The number of hydrogen-bond acceptors (Lipinski definition) is 6. The van der Waals surface area contributed by atoms with Gasteiger partial charge in [-0.3, -0.25) is 4.79 Å². The number of aliphatic imine (C=N–C) groups is 1. The Morgan fingerprint density at radius 3 is 2.52 bits per heavy atom. The highest BCUT2D eigenvalue weighted by Crippen LogP contribution is 2.32. The normalized spacial score (nSPS) is 16.2. The van der Waals surface area contributed by atoms with E-state index in [-0.39, 0.29) is 18.3 Å². The number of esters is 1. The SMILES string of the molecule is COC(=O)COc1c(I)cc(/C=C2/SC(=Nc3ccc(F)cc3)NC2=O)cc1I. The molecule has 3 rings (SSSR count). The number of thioether (sulfide) groups is 1. The van der Waals surface area contributed by atoms with Gasteiger partial charge < -0.3 is 14.8 Å². The average Bonchev–Trinajstić information content (AvgIpc) is 3.01. The fraction of sp³-hybridized carbons (Fsp3) is 0.105. The van der Waals surface area contributed by atoms with Crippen molar-refractivity contribution < 1.29 is 23.5 Å². The number of nitrogens with one attached hydrogen (secondary N) is 1. The van der Waals surface area contributed by atoms with Crippen LogP contribution in [0.15, 0.2) is 46.3 Å². The first kappa shape index (κ1) is 22.0. The quantitative estimate of drug-likeness (QED) is 0.297. The number of benzene rings is 2. The van der Waals surface area contributed by atoms with Gasteiger partial charge in [-0.15, -0.1) is 0 Å².